The van der Waals surface area contributed by atoms with Crippen molar-refractivity contribution in [1.82, 2.24) is 0 Å². The third kappa shape index (κ3) is 3.08. The molecule has 0 aliphatic heterocycles. The van der Waals surface area contributed by atoms with Crippen molar-refractivity contribution >= 4 is 24.9 Å². The number of aldehydes is 1. The van der Waals surface area contributed by atoms with Gasteiger partial charge in [-0.3, -0.25) is 9.59 Å². The molecule has 0 aliphatic carbocycles. The molecule has 0 saturated carbocycles. The predicted molar refractivity (Wildman–Crippen MR) is 64.1 cm³/mol. The second-order valence-electron chi connectivity index (χ2n) is 3.24. The maximum Gasteiger partial charge on any atom is 0.310 e. The number of rotatable bonds is 4. The Bertz CT molecular complexity index is 491. The summed E-state index contributed by atoms with van der Waals surface area (Å²) in [6, 6.07) is 5.09. The third-order valence-electron chi connectivity index (χ3n) is 2.18. The van der Waals surface area contributed by atoms with Gasteiger partial charge in [-0.25, -0.2) is 0 Å². The first-order valence-corrected chi connectivity index (χ1v) is 5.44. The van der Waals surface area contributed by atoms with E-state index in [4.69, 9.17) is 10.00 Å². The number of nitrogens with zero attached hydrogens (tertiary/aromatic N) is 1. The van der Waals surface area contributed by atoms with Crippen molar-refractivity contribution in [3.05, 3.63) is 28.8 Å². The molecule has 1 rings (SSSR count). The van der Waals surface area contributed by atoms with E-state index < -0.39 is 5.97 Å². The summed E-state index contributed by atoms with van der Waals surface area (Å²) >= 11 is 4.08. The Kier molecular flexibility index (Phi) is 4.73. The van der Waals surface area contributed by atoms with E-state index in [-0.39, 0.29) is 24.2 Å². The van der Waals surface area contributed by atoms with Gasteiger partial charge in [0.05, 0.1) is 18.6 Å². The van der Waals surface area contributed by atoms with Crippen LogP contribution in [0.3, 0.4) is 0 Å². The minimum absolute atomic E-state index is 0.0232. The van der Waals surface area contributed by atoms with Gasteiger partial charge >= 0.3 is 5.97 Å². The van der Waals surface area contributed by atoms with E-state index in [1.54, 1.807) is 19.1 Å². The molecule has 0 radical (unpaired) electrons. The van der Waals surface area contributed by atoms with E-state index in [1.807, 2.05) is 6.07 Å². The quantitative estimate of drug-likeness (QED) is 0.501. The van der Waals surface area contributed by atoms with Crippen molar-refractivity contribution in [2.24, 2.45) is 0 Å². The minimum atomic E-state index is -0.425. The highest BCUT2D eigenvalue weighted by Gasteiger charge is 2.14. The lowest BCUT2D eigenvalue weighted by atomic mass is 10.0. The standard InChI is InChI=1S/C12H11NO3S/c1-2-16-12(15)5-8-3-4-11(17)9(6-13)10(8)7-14/h3-4,7,17H,2,5H2,1H3. The van der Waals surface area contributed by atoms with E-state index in [0.29, 0.717) is 16.7 Å². The summed E-state index contributed by atoms with van der Waals surface area (Å²) in [5.74, 6) is -0.425. The summed E-state index contributed by atoms with van der Waals surface area (Å²) in [5.41, 5.74) is 0.867. The monoisotopic (exact) mass is 249 g/mol. The number of benzene rings is 1. The number of thiol groups is 1. The molecule has 0 N–H and O–H groups in total. The number of esters is 1. The summed E-state index contributed by atoms with van der Waals surface area (Å²) in [6.45, 7) is 1.99. The average molecular weight is 249 g/mol. The Hall–Kier alpha value is -1.80. The van der Waals surface area contributed by atoms with Crippen molar-refractivity contribution in [2.45, 2.75) is 18.2 Å². The fourth-order valence-electron chi connectivity index (χ4n) is 1.42. The second-order valence-corrected chi connectivity index (χ2v) is 3.73. The highest BCUT2D eigenvalue weighted by Crippen LogP contribution is 2.20. The number of hydrogen-bond acceptors (Lipinski definition) is 5. The first kappa shape index (κ1) is 13.3. The van der Waals surface area contributed by atoms with Crippen LogP contribution in [-0.4, -0.2) is 18.9 Å². The van der Waals surface area contributed by atoms with Crippen LogP contribution in [0.1, 0.15) is 28.4 Å². The molecular formula is C12H11NO3S. The molecule has 0 unspecified atom stereocenters. The van der Waals surface area contributed by atoms with Crippen LogP contribution in [0.2, 0.25) is 0 Å². The molecule has 5 heteroatoms. The van der Waals surface area contributed by atoms with Crippen LogP contribution < -0.4 is 0 Å². The summed E-state index contributed by atoms with van der Waals surface area (Å²) in [4.78, 5) is 22.7. The number of carbonyl (C=O) groups is 2. The van der Waals surface area contributed by atoms with E-state index in [9.17, 15) is 9.59 Å². The minimum Gasteiger partial charge on any atom is -0.466 e. The summed E-state index contributed by atoms with van der Waals surface area (Å²) < 4.78 is 4.79. The molecule has 1 aromatic carbocycles. The number of hydrogen-bond donors (Lipinski definition) is 1. The molecule has 0 aliphatic rings. The molecule has 0 aromatic heterocycles. The Labute approximate surface area is 105 Å². The Morgan fingerprint density at radius 3 is 2.82 bits per heavy atom. The number of nitriles is 1. The van der Waals surface area contributed by atoms with Crippen LogP contribution in [0.5, 0.6) is 0 Å². The van der Waals surface area contributed by atoms with E-state index in [2.05, 4.69) is 12.6 Å². The first-order valence-electron chi connectivity index (χ1n) is 4.99. The van der Waals surface area contributed by atoms with Gasteiger partial charge in [-0.05, 0) is 18.6 Å². The van der Waals surface area contributed by atoms with Crippen LogP contribution in [0.25, 0.3) is 0 Å². The molecule has 0 atom stereocenters. The van der Waals surface area contributed by atoms with Gasteiger partial charge in [0.1, 0.15) is 6.07 Å². The molecule has 0 fully saturated rings. The predicted octanol–water partition coefficient (Wildman–Crippen LogP) is 1.77. The lowest BCUT2D eigenvalue weighted by Gasteiger charge is -2.07. The molecule has 0 amide bonds. The smallest absolute Gasteiger partial charge is 0.310 e. The zero-order chi connectivity index (χ0) is 12.8. The normalized spacial score (nSPS) is 9.47. The van der Waals surface area contributed by atoms with Gasteiger partial charge in [-0.2, -0.15) is 5.26 Å². The Balaban J connectivity index is 3.13. The largest absolute Gasteiger partial charge is 0.466 e. The van der Waals surface area contributed by atoms with E-state index in [1.165, 1.54) is 0 Å². The molecular weight excluding hydrogens is 238 g/mol. The molecule has 0 heterocycles. The van der Waals surface area contributed by atoms with Gasteiger partial charge in [-0.1, -0.05) is 6.07 Å². The maximum absolute atomic E-state index is 11.3. The number of ether oxygens (including phenoxy) is 1. The van der Waals surface area contributed by atoms with Gasteiger partial charge in [-0.15, -0.1) is 12.6 Å². The molecule has 0 saturated heterocycles. The summed E-state index contributed by atoms with van der Waals surface area (Å²) in [6.07, 6.45) is 0.539. The lowest BCUT2D eigenvalue weighted by Crippen LogP contribution is -2.10. The second kappa shape index (κ2) is 6.06. The van der Waals surface area contributed by atoms with E-state index >= 15 is 0 Å². The fraction of sp³-hybridized carbons (Fsp3) is 0.250. The molecule has 0 bridgehead atoms. The van der Waals surface area contributed by atoms with Gasteiger partial charge in [0.25, 0.3) is 0 Å². The third-order valence-corrected chi connectivity index (χ3v) is 2.56. The van der Waals surface area contributed by atoms with Crippen LogP contribution in [0.15, 0.2) is 17.0 Å². The van der Waals surface area contributed by atoms with Gasteiger partial charge in [0.15, 0.2) is 6.29 Å². The van der Waals surface area contributed by atoms with Crippen molar-refractivity contribution in [1.29, 1.82) is 5.26 Å². The molecule has 4 nitrogen and oxygen atoms in total. The van der Waals surface area contributed by atoms with Gasteiger partial charge < -0.3 is 4.74 Å². The maximum atomic E-state index is 11.3. The zero-order valence-corrected chi connectivity index (χ0v) is 10.2. The van der Waals surface area contributed by atoms with Crippen LogP contribution in [0.4, 0.5) is 0 Å². The Morgan fingerprint density at radius 2 is 2.29 bits per heavy atom. The molecule has 88 valence electrons. The fourth-order valence-corrected chi connectivity index (χ4v) is 1.67. The van der Waals surface area contributed by atoms with Crippen molar-refractivity contribution in [2.75, 3.05) is 6.61 Å². The Morgan fingerprint density at radius 1 is 1.59 bits per heavy atom. The van der Waals surface area contributed by atoms with Crippen molar-refractivity contribution < 1.29 is 14.3 Å². The SMILES string of the molecule is CCOC(=O)Cc1ccc(S)c(C#N)c1C=O. The molecule has 1 aromatic rings. The topological polar surface area (TPSA) is 67.2 Å². The highest BCUT2D eigenvalue weighted by atomic mass is 32.1. The lowest BCUT2D eigenvalue weighted by molar-refractivity contribution is -0.142. The van der Waals surface area contributed by atoms with Crippen molar-refractivity contribution in [3.63, 3.8) is 0 Å². The van der Waals surface area contributed by atoms with Gasteiger partial charge in [0.2, 0.25) is 0 Å². The number of carbonyl (C=O) groups excluding carboxylic acids is 2. The van der Waals surface area contributed by atoms with E-state index in [0.717, 1.165) is 0 Å². The van der Waals surface area contributed by atoms with Crippen LogP contribution in [0, 0.1) is 11.3 Å². The van der Waals surface area contributed by atoms with Crippen molar-refractivity contribution in [3.8, 4) is 6.07 Å². The zero-order valence-electron chi connectivity index (χ0n) is 9.27. The molecule has 0 spiro atoms. The van der Waals surface area contributed by atoms with Crippen LogP contribution in [-0.2, 0) is 16.0 Å². The highest BCUT2D eigenvalue weighted by molar-refractivity contribution is 7.80. The first-order chi connectivity index (χ1) is 8.13. The van der Waals surface area contributed by atoms with Crippen LogP contribution >= 0.6 is 12.6 Å². The average Bonchev–Trinajstić information content (AvgIpc) is 2.31. The molecule has 17 heavy (non-hydrogen) atoms. The van der Waals surface area contributed by atoms with Gasteiger partial charge in [0, 0.05) is 10.5 Å². The summed E-state index contributed by atoms with van der Waals surface area (Å²) in [7, 11) is 0. The summed E-state index contributed by atoms with van der Waals surface area (Å²) in [5, 5.41) is 8.92.